The van der Waals surface area contributed by atoms with E-state index in [0.717, 1.165) is 6.42 Å². The molecule has 1 N–H and O–H groups in total. The topological polar surface area (TPSA) is 130 Å². The van der Waals surface area contributed by atoms with E-state index in [1.54, 1.807) is 36.6 Å². The van der Waals surface area contributed by atoms with Crippen molar-refractivity contribution >= 4 is 27.6 Å². The first-order valence-corrected chi connectivity index (χ1v) is 12.9. The van der Waals surface area contributed by atoms with Crippen LogP contribution in [-0.2, 0) is 14.8 Å². The van der Waals surface area contributed by atoms with Crippen LogP contribution < -0.4 is 14.2 Å². The molecular formula is C22H27ClN6O5S. The zero-order chi connectivity index (χ0) is 25.2. The summed E-state index contributed by atoms with van der Waals surface area (Å²) in [5.74, 6) is 1.28. The lowest BCUT2D eigenvalue weighted by atomic mass is 10.1. The minimum atomic E-state index is -3.95. The normalized spacial score (nSPS) is 17.7. The molecule has 0 radical (unpaired) electrons. The number of aromatic nitrogens is 5. The Morgan fingerprint density at radius 3 is 2.37 bits per heavy atom. The molecule has 13 heteroatoms. The highest BCUT2D eigenvalue weighted by Crippen LogP contribution is 2.38. The van der Waals surface area contributed by atoms with Crippen LogP contribution in [0.25, 0.3) is 5.69 Å². The number of methoxy groups -OCH3 is 2. The molecule has 3 heterocycles. The van der Waals surface area contributed by atoms with Crippen LogP contribution in [0.3, 0.4) is 0 Å². The average Bonchev–Trinajstić information content (AvgIpc) is 3.52. The molecule has 0 aliphatic carbocycles. The van der Waals surface area contributed by atoms with Gasteiger partial charge in [-0.1, -0.05) is 24.6 Å². The second-order valence-corrected chi connectivity index (χ2v) is 10.7. The van der Waals surface area contributed by atoms with Gasteiger partial charge in [0.15, 0.2) is 0 Å². The van der Waals surface area contributed by atoms with Crippen molar-refractivity contribution in [3.05, 3.63) is 47.3 Å². The Morgan fingerprint density at radius 1 is 1.14 bits per heavy atom. The number of benzene rings is 1. The van der Waals surface area contributed by atoms with Gasteiger partial charge >= 0.3 is 0 Å². The van der Waals surface area contributed by atoms with E-state index in [4.69, 9.17) is 25.8 Å². The quantitative estimate of drug-likeness (QED) is 0.450. The van der Waals surface area contributed by atoms with Crippen molar-refractivity contribution in [2.45, 2.75) is 37.4 Å². The molecule has 0 amide bonds. The zero-order valence-electron chi connectivity index (χ0n) is 19.8. The van der Waals surface area contributed by atoms with Crippen LogP contribution in [0.1, 0.15) is 43.8 Å². The van der Waals surface area contributed by atoms with Gasteiger partial charge in [-0.15, -0.1) is 10.2 Å². The summed E-state index contributed by atoms with van der Waals surface area (Å²) in [4.78, 5) is 8.34. The molecule has 3 atom stereocenters. The summed E-state index contributed by atoms with van der Waals surface area (Å²) in [5, 5.41) is 8.02. The van der Waals surface area contributed by atoms with Gasteiger partial charge in [-0.05, 0) is 25.5 Å². The maximum atomic E-state index is 13.4. The Kier molecular flexibility index (Phi) is 7.43. The Hall–Kier alpha value is -2.96. The highest BCUT2D eigenvalue weighted by atomic mass is 35.5. The summed E-state index contributed by atoms with van der Waals surface area (Å²) < 4.78 is 47.8. The van der Waals surface area contributed by atoms with Crippen LogP contribution in [-0.4, -0.2) is 65.8 Å². The highest BCUT2D eigenvalue weighted by Gasteiger charge is 2.34. The lowest BCUT2D eigenvalue weighted by Crippen LogP contribution is -2.31. The van der Waals surface area contributed by atoms with Crippen molar-refractivity contribution in [3.8, 4) is 17.2 Å². The largest absolute Gasteiger partial charge is 0.494 e. The van der Waals surface area contributed by atoms with Gasteiger partial charge in [-0.3, -0.25) is 9.29 Å². The lowest BCUT2D eigenvalue weighted by molar-refractivity contribution is 0.193. The smallest absolute Gasteiger partial charge is 0.243 e. The van der Waals surface area contributed by atoms with Crippen molar-refractivity contribution in [1.82, 2.24) is 24.7 Å². The number of hydrogen-bond donors (Lipinski definition) is 1. The van der Waals surface area contributed by atoms with Gasteiger partial charge in [0.1, 0.15) is 28.8 Å². The fraction of sp³-hybridized carbons (Fsp3) is 0.455. The van der Waals surface area contributed by atoms with Gasteiger partial charge in [-0.25, -0.2) is 18.4 Å². The van der Waals surface area contributed by atoms with E-state index >= 15 is 0 Å². The number of nitrogens with one attached hydrogen (secondary N) is 1. The average molecular weight is 523 g/mol. The van der Waals surface area contributed by atoms with Crippen molar-refractivity contribution < 1.29 is 22.6 Å². The Labute approximate surface area is 208 Å². The van der Waals surface area contributed by atoms with Crippen LogP contribution >= 0.6 is 11.6 Å². The number of rotatable bonds is 9. The molecule has 11 nitrogen and oxygen atoms in total. The van der Waals surface area contributed by atoms with Crippen LogP contribution in [0, 0.1) is 0 Å². The third-order valence-corrected chi connectivity index (χ3v) is 8.13. The van der Waals surface area contributed by atoms with E-state index in [-0.39, 0.29) is 11.9 Å². The van der Waals surface area contributed by atoms with Crippen LogP contribution in [0.5, 0.6) is 11.5 Å². The van der Waals surface area contributed by atoms with Gasteiger partial charge < -0.3 is 14.2 Å². The van der Waals surface area contributed by atoms with Gasteiger partial charge in [0.2, 0.25) is 16.0 Å². The molecule has 2 unspecified atom stereocenters. The second kappa shape index (κ2) is 10.3. The number of halogens is 1. The van der Waals surface area contributed by atoms with E-state index < -0.39 is 21.2 Å². The number of ether oxygens (including phenoxy) is 3. The number of nitrogens with zero attached hydrogens (tertiary/aromatic N) is 5. The maximum absolute atomic E-state index is 13.4. The maximum Gasteiger partial charge on any atom is 0.243 e. The van der Waals surface area contributed by atoms with Crippen molar-refractivity contribution in [1.29, 1.82) is 0 Å². The molecule has 35 heavy (non-hydrogen) atoms. The van der Waals surface area contributed by atoms with Crippen molar-refractivity contribution in [3.63, 3.8) is 0 Å². The number of para-hydroxylation sites is 1. The summed E-state index contributed by atoms with van der Waals surface area (Å²) in [5.41, 5.74) is 0.490. The molecule has 188 valence electrons. The molecule has 3 aromatic rings. The predicted molar refractivity (Wildman–Crippen MR) is 130 cm³/mol. The predicted octanol–water partition coefficient (Wildman–Crippen LogP) is 3.17. The first kappa shape index (κ1) is 25.1. The Balaban J connectivity index is 1.76. The second-order valence-electron chi connectivity index (χ2n) is 8.19. The fourth-order valence-electron chi connectivity index (χ4n) is 3.89. The van der Waals surface area contributed by atoms with Gasteiger partial charge in [0.05, 0.1) is 31.1 Å². The van der Waals surface area contributed by atoms with Crippen LogP contribution in [0.2, 0.25) is 5.02 Å². The number of sulfonamides is 1. The van der Waals surface area contributed by atoms with Gasteiger partial charge in [0, 0.05) is 30.8 Å². The monoisotopic (exact) mass is 522 g/mol. The van der Waals surface area contributed by atoms with Crippen LogP contribution in [0.15, 0.2) is 30.6 Å². The molecule has 0 bridgehead atoms. The lowest BCUT2D eigenvalue weighted by Gasteiger charge is -2.22. The van der Waals surface area contributed by atoms with E-state index in [0.29, 0.717) is 47.1 Å². The first-order chi connectivity index (χ1) is 16.8. The Bertz CT molecular complexity index is 1260. The molecule has 1 aliphatic heterocycles. The van der Waals surface area contributed by atoms with E-state index in [1.807, 2.05) is 0 Å². The van der Waals surface area contributed by atoms with E-state index in [9.17, 15) is 8.42 Å². The number of hydrogen-bond acceptors (Lipinski definition) is 9. The third kappa shape index (κ3) is 5.04. The molecular weight excluding hydrogens is 496 g/mol. The minimum absolute atomic E-state index is 0.0192. The molecule has 0 spiro atoms. The van der Waals surface area contributed by atoms with Crippen LogP contribution in [0.4, 0.5) is 5.95 Å². The Morgan fingerprint density at radius 2 is 1.80 bits per heavy atom. The molecule has 1 aliphatic rings. The molecule has 4 rings (SSSR count). The summed E-state index contributed by atoms with van der Waals surface area (Å²) in [7, 11) is -0.893. The van der Waals surface area contributed by atoms with E-state index in [1.165, 1.54) is 26.6 Å². The fourth-order valence-corrected chi connectivity index (χ4v) is 5.22. The summed E-state index contributed by atoms with van der Waals surface area (Å²) in [6.45, 7) is 4.35. The highest BCUT2D eigenvalue weighted by molar-refractivity contribution is 7.93. The molecule has 1 fully saturated rings. The standard InChI is InChI=1S/C22H27ClN6O5S/c1-13(20-24-10-16(23)11-25-20)14(2)35(30,31)28-22-27-26-21(15-8-9-34-12-15)29(22)19-17(32-3)6-5-7-18(19)33-4/h5-7,10-11,13-15H,8-9,12H2,1-4H3,(H,27,28)/t13?,14?,15-/m0/s1. The number of anilines is 1. The molecule has 2 aromatic heterocycles. The minimum Gasteiger partial charge on any atom is -0.494 e. The molecule has 1 saturated heterocycles. The summed E-state index contributed by atoms with van der Waals surface area (Å²) in [6.07, 6.45) is 3.60. The van der Waals surface area contributed by atoms with E-state index in [2.05, 4.69) is 24.9 Å². The van der Waals surface area contributed by atoms with Gasteiger partial charge in [-0.2, -0.15) is 0 Å². The molecule has 1 aromatic carbocycles. The first-order valence-electron chi connectivity index (χ1n) is 11.0. The SMILES string of the molecule is COc1cccc(OC)c1-n1c(NS(=O)(=O)C(C)C(C)c2ncc(Cl)cn2)nnc1[C@H]1CCOC1. The third-order valence-electron chi connectivity index (χ3n) is 6.08. The van der Waals surface area contributed by atoms with Crippen molar-refractivity contribution in [2.75, 3.05) is 32.2 Å². The van der Waals surface area contributed by atoms with Crippen molar-refractivity contribution in [2.24, 2.45) is 0 Å². The summed E-state index contributed by atoms with van der Waals surface area (Å²) >= 11 is 5.87. The van der Waals surface area contributed by atoms with Gasteiger partial charge in [0.25, 0.3) is 0 Å². The zero-order valence-corrected chi connectivity index (χ0v) is 21.4. The summed E-state index contributed by atoms with van der Waals surface area (Å²) in [6, 6.07) is 5.30. The molecule has 0 saturated carbocycles.